The van der Waals surface area contributed by atoms with Gasteiger partial charge < -0.3 is 15.2 Å². The van der Waals surface area contributed by atoms with Gasteiger partial charge in [0.25, 0.3) is 0 Å². The number of carbonyl (C=O) groups is 1. The topological polar surface area (TPSA) is 72.4 Å². The third-order valence-electron chi connectivity index (χ3n) is 3.85. The molecule has 0 radical (unpaired) electrons. The van der Waals surface area contributed by atoms with Crippen molar-refractivity contribution >= 4 is 5.91 Å². The van der Waals surface area contributed by atoms with Gasteiger partial charge in [-0.2, -0.15) is 0 Å². The number of aryl methyl sites for hydroxylation is 2. The molecule has 0 saturated heterocycles. The van der Waals surface area contributed by atoms with Gasteiger partial charge in [0.2, 0.25) is 5.91 Å². The molecule has 1 heterocycles. The summed E-state index contributed by atoms with van der Waals surface area (Å²) in [4.78, 5) is 13.8. The maximum Gasteiger partial charge on any atom is 0.224 e. The summed E-state index contributed by atoms with van der Waals surface area (Å²) in [6.45, 7) is 4.29. The van der Waals surface area contributed by atoms with E-state index in [1.165, 1.54) is 0 Å². The second kappa shape index (κ2) is 4.72. The van der Waals surface area contributed by atoms with Crippen LogP contribution in [0.15, 0.2) is 4.52 Å². The molecule has 0 unspecified atom stereocenters. The number of rotatable bonds is 4. The number of amides is 1. The van der Waals surface area contributed by atoms with Crippen molar-refractivity contribution in [2.45, 2.75) is 51.6 Å². The van der Waals surface area contributed by atoms with E-state index in [1.807, 2.05) is 13.8 Å². The van der Waals surface area contributed by atoms with Crippen LogP contribution in [0.4, 0.5) is 0 Å². The summed E-state index contributed by atoms with van der Waals surface area (Å²) in [7, 11) is 1.80. The van der Waals surface area contributed by atoms with Crippen molar-refractivity contribution in [2.24, 2.45) is 5.73 Å². The van der Waals surface area contributed by atoms with Gasteiger partial charge in [-0.3, -0.25) is 4.79 Å². The summed E-state index contributed by atoms with van der Waals surface area (Å²) >= 11 is 0. The highest BCUT2D eigenvalue weighted by Crippen LogP contribution is 2.32. The van der Waals surface area contributed by atoms with Crippen LogP contribution in [0, 0.1) is 13.8 Å². The molecule has 100 valence electrons. The smallest absolute Gasteiger partial charge is 0.224 e. The van der Waals surface area contributed by atoms with E-state index in [9.17, 15) is 4.79 Å². The molecule has 5 nitrogen and oxygen atoms in total. The summed E-state index contributed by atoms with van der Waals surface area (Å²) in [5, 5.41) is 3.89. The summed E-state index contributed by atoms with van der Waals surface area (Å²) < 4.78 is 5.10. The largest absolute Gasteiger partial charge is 0.361 e. The molecule has 0 spiro atoms. The summed E-state index contributed by atoms with van der Waals surface area (Å²) in [6.07, 6.45) is 3.49. The van der Waals surface area contributed by atoms with E-state index in [0.29, 0.717) is 13.0 Å². The average molecular weight is 251 g/mol. The maximum absolute atomic E-state index is 12.1. The minimum atomic E-state index is -0.260. The number of nitrogens with zero attached hydrogens (tertiary/aromatic N) is 2. The molecule has 0 bridgehead atoms. The normalized spacial score (nSPS) is 17.3. The fourth-order valence-electron chi connectivity index (χ4n) is 2.30. The lowest BCUT2D eigenvalue weighted by Gasteiger charge is -2.38. The van der Waals surface area contributed by atoms with E-state index in [-0.39, 0.29) is 11.4 Å². The summed E-state index contributed by atoms with van der Waals surface area (Å²) in [6, 6.07) is 0. The van der Waals surface area contributed by atoms with Crippen molar-refractivity contribution < 1.29 is 9.32 Å². The van der Waals surface area contributed by atoms with Gasteiger partial charge in [0.05, 0.1) is 12.2 Å². The van der Waals surface area contributed by atoms with Crippen molar-refractivity contribution in [1.29, 1.82) is 0 Å². The minimum absolute atomic E-state index is 0.0946. The number of hydrogen-bond donors (Lipinski definition) is 1. The lowest BCUT2D eigenvalue weighted by atomic mass is 9.75. The van der Waals surface area contributed by atoms with Gasteiger partial charge in [0.1, 0.15) is 5.76 Å². The lowest BCUT2D eigenvalue weighted by Crippen LogP contribution is -2.50. The Morgan fingerprint density at radius 2 is 2.17 bits per heavy atom. The number of hydrogen-bond acceptors (Lipinski definition) is 4. The highest BCUT2D eigenvalue weighted by molar-refractivity contribution is 5.77. The third kappa shape index (κ3) is 2.56. The molecule has 18 heavy (non-hydrogen) atoms. The highest BCUT2D eigenvalue weighted by Gasteiger charge is 2.35. The van der Waals surface area contributed by atoms with Gasteiger partial charge in [-0.05, 0) is 33.1 Å². The molecular weight excluding hydrogens is 230 g/mol. The molecule has 1 aromatic heterocycles. The first kappa shape index (κ1) is 13.1. The van der Waals surface area contributed by atoms with E-state index >= 15 is 0 Å². The second-order valence-electron chi connectivity index (χ2n) is 5.45. The first-order valence-electron chi connectivity index (χ1n) is 6.36. The fourth-order valence-corrected chi connectivity index (χ4v) is 2.30. The van der Waals surface area contributed by atoms with Crippen molar-refractivity contribution in [3.05, 3.63) is 17.0 Å². The Kier molecular flexibility index (Phi) is 3.43. The zero-order valence-corrected chi connectivity index (χ0v) is 11.3. The molecule has 1 aromatic rings. The monoisotopic (exact) mass is 251 g/mol. The van der Waals surface area contributed by atoms with Crippen molar-refractivity contribution in [3.8, 4) is 0 Å². The van der Waals surface area contributed by atoms with Gasteiger partial charge in [-0.25, -0.2) is 0 Å². The molecule has 1 amide bonds. The summed E-state index contributed by atoms with van der Waals surface area (Å²) in [5.74, 6) is 0.871. The molecule has 1 fully saturated rings. The Hall–Kier alpha value is -1.36. The van der Waals surface area contributed by atoms with Crippen LogP contribution in [0.5, 0.6) is 0 Å². The number of nitrogens with two attached hydrogens (primary N) is 1. The molecule has 5 heteroatoms. The molecule has 0 atom stereocenters. The predicted molar refractivity (Wildman–Crippen MR) is 67.8 cm³/mol. The van der Waals surface area contributed by atoms with Crippen LogP contribution in [-0.4, -0.2) is 28.6 Å². The third-order valence-corrected chi connectivity index (χ3v) is 3.85. The maximum atomic E-state index is 12.1. The SMILES string of the molecule is Cc1noc(C)c1CN(C)C(=O)CC1(N)CCC1. The van der Waals surface area contributed by atoms with Gasteiger partial charge in [-0.15, -0.1) is 0 Å². The fraction of sp³-hybridized carbons (Fsp3) is 0.692. The number of carbonyl (C=O) groups excluding carboxylic acids is 1. The molecule has 2 N–H and O–H groups in total. The van der Waals surface area contributed by atoms with Crippen LogP contribution in [-0.2, 0) is 11.3 Å². The molecule has 1 aliphatic carbocycles. The highest BCUT2D eigenvalue weighted by atomic mass is 16.5. The van der Waals surface area contributed by atoms with Gasteiger partial charge in [0, 0.05) is 24.6 Å². The molecule has 2 rings (SSSR count). The Morgan fingerprint density at radius 3 is 2.61 bits per heavy atom. The molecule has 0 aromatic carbocycles. The molecular formula is C13H21N3O2. The van der Waals surface area contributed by atoms with Gasteiger partial charge in [-0.1, -0.05) is 5.16 Å². The van der Waals surface area contributed by atoms with Crippen LogP contribution >= 0.6 is 0 Å². The van der Waals surface area contributed by atoms with E-state index < -0.39 is 0 Å². The first-order chi connectivity index (χ1) is 8.41. The summed E-state index contributed by atoms with van der Waals surface area (Å²) in [5.41, 5.74) is 7.67. The van der Waals surface area contributed by atoms with Crippen molar-refractivity contribution in [1.82, 2.24) is 10.1 Å². The Labute approximate surface area is 107 Å². The van der Waals surface area contributed by atoms with E-state index in [1.54, 1.807) is 11.9 Å². The zero-order valence-electron chi connectivity index (χ0n) is 11.3. The van der Waals surface area contributed by atoms with E-state index in [2.05, 4.69) is 5.16 Å². The second-order valence-corrected chi connectivity index (χ2v) is 5.45. The van der Waals surface area contributed by atoms with Gasteiger partial charge in [0.15, 0.2) is 0 Å². The Bertz CT molecular complexity index is 430. The van der Waals surface area contributed by atoms with Crippen LogP contribution in [0.2, 0.25) is 0 Å². The van der Waals surface area contributed by atoms with Crippen molar-refractivity contribution in [2.75, 3.05) is 7.05 Å². The zero-order chi connectivity index (χ0) is 13.3. The molecule has 1 saturated carbocycles. The van der Waals surface area contributed by atoms with E-state index in [4.69, 9.17) is 10.3 Å². The quantitative estimate of drug-likeness (QED) is 0.880. The first-order valence-corrected chi connectivity index (χ1v) is 6.36. The van der Waals surface area contributed by atoms with Crippen molar-refractivity contribution in [3.63, 3.8) is 0 Å². The van der Waals surface area contributed by atoms with Crippen LogP contribution in [0.1, 0.15) is 42.7 Å². The van der Waals surface area contributed by atoms with E-state index in [0.717, 1.165) is 36.3 Å². The minimum Gasteiger partial charge on any atom is -0.361 e. The molecule has 0 aliphatic heterocycles. The van der Waals surface area contributed by atoms with Crippen LogP contribution in [0.25, 0.3) is 0 Å². The number of aromatic nitrogens is 1. The Morgan fingerprint density at radius 1 is 1.50 bits per heavy atom. The average Bonchev–Trinajstić information content (AvgIpc) is 2.58. The van der Waals surface area contributed by atoms with Gasteiger partial charge >= 0.3 is 0 Å². The van der Waals surface area contributed by atoms with Crippen LogP contribution in [0.3, 0.4) is 0 Å². The standard InChI is InChI=1S/C13H21N3O2/c1-9-11(10(2)18-15-9)8-16(3)12(17)7-13(14)5-4-6-13/h4-8,14H2,1-3H3. The lowest BCUT2D eigenvalue weighted by molar-refractivity contribution is -0.132. The van der Waals surface area contributed by atoms with Crippen LogP contribution < -0.4 is 5.73 Å². The Balaban J connectivity index is 1.95. The predicted octanol–water partition coefficient (Wildman–Crippen LogP) is 1.52. The molecule has 1 aliphatic rings.